The molecule has 3 rings (SSSR count). The van der Waals surface area contributed by atoms with Gasteiger partial charge in [-0.3, -0.25) is 0 Å². The van der Waals surface area contributed by atoms with E-state index in [1.165, 1.54) is 37.7 Å². The normalized spacial score (nSPS) is 33.1. The van der Waals surface area contributed by atoms with Gasteiger partial charge in [0.15, 0.2) is 0 Å². The molecular formula is C18H26O. The summed E-state index contributed by atoms with van der Waals surface area (Å²) in [4.78, 5) is 0. The highest BCUT2D eigenvalue weighted by Gasteiger charge is 2.30. The lowest BCUT2D eigenvalue weighted by Gasteiger charge is -2.34. The van der Waals surface area contributed by atoms with Crippen molar-refractivity contribution < 1.29 is 5.11 Å². The first kappa shape index (κ1) is 13.2. The average molecular weight is 258 g/mol. The van der Waals surface area contributed by atoms with E-state index < -0.39 is 0 Å². The standard InChI is InChI=1S/C18H26O/c1-12-3-4-17(11-13(12)2)18(19)16-9-7-15(8-10-16)14-5-6-14/h7-10,12-14,17-19H,3-6,11H2,1-2H3. The van der Waals surface area contributed by atoms with E-state index in [-0.39, 0.29) is 6.10 Å². The molecule has 2 saturated carbocycles. The second-order valence-electron chi connectivity index (χ2n) is 6.91. The van der Waals surface area contributed by atoms with Gasteiger partial charge < -0.3 is 5.11 Å². The van der Waals surface area contributed by atoms with Crippen molar-refractivity contribution in [3.8, 4) is 0 Å². The van der Waals surface area contributed by atoms with Crippen molar-refractivity contribution in [1.82, 2.24) is 0 Å². The van der Waals surface area contributed by atoms with Crippen LogP contribution >= 0.6 is 0 Å². The van der Waals surface area contributed by atoms with Crippen molar-refractivity contribution in [3.05, 3.63) is 35.4 Å². The van der Waals surface area contributed by atoms with Crippen LogP contribution in [0, 0.1) is 17.8 Å². The maximum atomic E-state index is 10.6. The fraction of sp³-hybridized carbons (Fsp3) is 0.667. The molecule has 0 amide bonds. The van der Waals surface area contributed by atoms with Crippen LogP contribution in [0.2, 0.25) is 0 Å². The van der Waals surface area contributed by atoms with Crippen LogP contribution in [-0.4, -0.2) is 5.11 Å². The second-order valence-corrected chi connectivity index (χ2v) is 6.91. The molecule has 0 aliphatic heterocycles. The monoisotopic (exact) mass is 258 g/mol. The smallest absolute Gasteiger partial charge is 0.0818 e. The summed E-state index contributed by atoms with van der Waals surface area (Å²) in [6.45, 7) is 4.68. The van der Waals surface area contributed by atoms with Crippen LogP contribution in [0.4, 0.5) is 0 Å². The van der Waals surface area contributed by atoms with Gasteiger partial charge in [0, 0.05) is 0 Å². The summed E-state index contributed by atoms with van der Waals surface area (Å²) in [5.41, 5.74) is 2.58. The molecule has 0 spiro atoms. The van der Waals surface area contributed by atoms with Gasteiger partial charge in [-0.05, 0) is 60.5 Å². The molecule has 0 bridgehead atoms. The summed E-state index contributed by atoms with van der Waals surface area (Å²) in [5, 5.41) is 10.6. The molecule has 0 radical (unpaired) electrons. The molecule has 104 valence electrons. The third-order valence-corrected chi connectivity index (χ3v) is 5.41. The van der Waals surface area contributed by atoms with E-state index >= 15 is 0 Å². The van der Waals surface area contributed by atoms with E-state index in [4.69, 9.17) is 0 Å². The summed E-state index contributed by atoms with van der Waals surface area (Å²) in [5.74, 6) is 2.83. The Bertz CT molecular complexity index is 418. The molecule has 1 aromatic carbocycles. The molecule has 0 saturated heterocycles. The molecule has 19 heavy (non-hydrogen) atoms. The summed E-state index contributed by atoms with van der Waals surface area (Å²) < 4.78 is 0. The zero-order valence-corrected chi connectivity index (χ0v) is 12.2. The van der Waals surface area contributed by atoms with Crippen molar-refractivity contribution >= 4 is 0 Å². The van der Waals surface area contributed by atoms with Gasteiger partial charge in [-0.2, -0.15) is 0 Å². The lowest BCUT2D eigenvalue weighted by Crippen LogP contribution is -2.25. The maximum absolute atomic E-state index is 10.6. The Morgan fingerprint density at radius 2 is 1.63 bits per heavy atom. The fourth-order valence-electron chi connectivity index (χ4n) is 3.53. The molecule has 4 unspecified atom stereocenters. The van der Waals surface area contributed by atoms with Crippen LogP contribution in [0.1, 0.15) is 69.1 Å². The predicted molar refractivity (Wildman–Crippen MR) is 79.0 cm³/mol. The lowest BCUT2D eigenvalue weighted by atomic mass is 9.73. The first-order valence-corrected chi connectivity index (χ1v) is 7.93. The Morgan fingerprint density at radius 1 is 0.947 bits per heavy atom. The Labute approximate surface area is 117 Å². The number of rotatable bonds is 3. The maximum Gasteiger partial charge on any atom is 0.0818 e. The van der Waals surface area contributed by atoms with Crippen LogP contribution in [0.5, 0.6) is 0 Å². The van der Waals surface area contributed by atoms with Crippen LogP contribution in [-0.2, 0) is 0 Å². The van der Waals surface area contributed by atoms with Crippen molar-refractivity contribution in [2.75, 3.05) is 0 Å². The second kappa shape index (κ2) is 5.28. The molecule has 1 aromatic rings. The fourth-order valence-corrected chi connectivity index (χ4v) is 3.53. The number of aliphatic hydroxyl groups is 1. The minimum Gasteiger partial charge on any atom is -0.388 e. The van der Waals surface area contributed by atoms with E-state index in [1.54, 1.807) is 0 Å². The Morgan fingerprint density at radius 3 is 2.21 bits per heavy atom. The molecule has 1 N–H and O–H groups in total. The molecule has 0 heterocycles. The number of hydrogen-bond donors (Lipinski definition) is 1. The summed E-state index contributed by atoms with van der Waals surface area (Å²) in [6.07, 6.45) is 6.05. The van der Waals surface area contributed by atoms with Gasteiger partial charge in [-0.15, -0.1) is 0 Å². The van der Waals surface area contributed by atoms with Crippen LogP contribution in [0.15, 0.2) is 24.3 Å². The summed E-state index contributed by atoms with van der Waals surface area (Å²) in [6, 6.07) is 8.76. The molecule has 4 atom stereocenters. The molecule has 1 heteroatoms. The minimum absolute atomic E-state index is 0.261. The van der Waals surface area contributed by atoms with E-state index in [9.17, 15) is 5.11 Å². The van der Waals surface area contributed by atoms with E-state index in [1.807, 2.05) is 0 Å². The van der Waals surface area contributed by atoms with Gasteiger partial charge in [-0.1, -0.05) is 44.5 Å². The molecule has 2 aliphatic carbocycles. The number of hydrogen-bond acceptors (Lipinski definition) is 1. The Balaban J connectivity index is 1.67. The van der Waals surface area contributed by atoms with Gasteiger partial charge in [0.2, 0.25) is 0 Å². The SMILES string of the molecule is CC1CCC(C(O)c2ccc(C3CC3)cc2)CC1C. The summed E-state index contributed by atoms with van der Waals surface area (Å²) >= 11 is 0. The van der Waals surface area contributed by atoms with Gasteiger partial charge in [0.1, 0.15) is 0 Å². The van der Waals surface area contributed by atoms with Crippen LogP contribution in [0.25, 0.3) is 0 Å². The quantitative estimate of drug-likeness (QED) is 0.835. The largest absolute Gasteiger partial charge is 0.388 e. The highest BCUT2D eigenvalue weighted by molar-refractivity contribution is 5.29. The topological polar surface area (TPSA) is 20.2 Å². The van der Waals surface area contributed by atoms with Gasteiger partial charge >= 0.3 is 0 Å². The molecule has 2 aliphatic rings. The van der Waals surface area contributed by atoms with Crippen molar-refractivity contribution in [2.45, 2.75) is 58.0 Å². The van der Waals surface area contributed by atoms with Gasteiger partial charge in [-0.25, -0.2) is 0 Å². The van der Waals surface area contributed by atoms with E-state index in [2.05, 4.69) is 38.1 Å². The average Bonchev–Trinajstić information content (AvgIpc) is 3.26. The first-order valence-electron chi connectivity index (χ1n) is 7.93. The molecular weight excluding hydrogens is 232 g/mol. The highest BCUT2D eigenvalue weighted by atomic mass is 16.3. The molecule has 0 aromatic heterocycles. The van der Waals surface area contributed by atoms with Crippen molar-refractivity contribution in [2.24, 2.45) is 17.8 Å². The zero-order valence-electron chi connectivity index (χ0n) is 12.2. The van der Waals surface area contributed by atoms with E-state index in [0.717, 1.165) is 23.3 Å². The van der Waals surface area contributed by atoms with Crippen molar-refractivity contribution in [1.29, 1.82) is 0 Å². The summed E-state index contributed by atoms with van der Waals surface area (Å²) in [7, 11) is 0. The Kier molecular flexibility index (Phi) is 3.66. The highest BCUT2D eigenvalue weighted by Crippen LogP contribution is 2.42. The lowest BCUT2D eigenvalue weighted by molar-refractivity contribution is 0.0561. The van der Waals surface area contributed by atoms with Crippen molar-refractivity contribution in [3.63, 3.8) is 0 Å². The van der Waals surface area contributed by atoms with Gasteiger partial charge in [0.05, 0.1) is 6.10 Å². The minimum atomic E-state index is -0.261. The van der Waals surface area contributed by atoms with Crippen LogP contribution < -0.4 is 0 Å². The van der Waals surface area contributed by atoms with E-state index in [0.29, 0.717) is 5.92 Å². The third-order valence-electron chi connectivity index (χ3n) is 5.41. The first-order chi connectivity index (χ1) is 9.15. The molecule has 2 fully saturated rings. The molecule has 1 nitrogen and oxygen atoms in total. The number of benzene rings is 1. The number of aliphatic hydroxyl groups excluding tert-OH is 1. The Hall–Kier alpha value is -0.820. The van der Waals surface area contributed by atoms with Crippen LogP contribution in [0.3, 0.4) is 0 Å². The predicted octanol–water partition coefficient (Wildman–Crippen LogP) is 4.67. The zero-order chi connectivity index (χ0) is 13.4. The van der Waals surface area contributed by atoms with Gasteiger partial charge in [0.25, 0.3) is 0 Å². The third kappa shape index (κ3) is 2.86.